The van der Waals surface area contributed by atoms with Gasteiger partial charge in [-0.2, -0.15) is 0 Å². The molecule has 0 amide bonds. The smallest absolute Gasteiger partial charge is 0.0672 e. The summed E-state index contributed by atoms with van der Waals surface area (Å²) >= 11 is 0. The minimum Gasteiger partial charge on any atom is -0.390 e. The van der Waals surface area contributed by atoms with Crippen molar-refractivity contribution in [3.63, 3.8) is 0 Å². The average molecular weight is 458 g/mol. The second-order valence-electron chi connectivity index (χ2n) is 14.2. The van der Waals surface area contributed by atoms with Crippen molar-refractivity contribution in [1.82, 2.24) is 4.90 Å². The van der Waals surface area contributed by atoms with Crippen molar-refractivity contribution in [3.05, 3.63) is 11.6 Å². The number of nitrogens with zero attached hydrogens (tertiary/aromatic N) is 1. The third-order valence-electron chi connectivity index (χ3n) is 12.1. The van der Waals surface area contributed by atoms with Gasteiger partial charge in [0.25, 0.3) is 0 Å². The quantitative estimate of drug-likeness (QED) is 0.495. The highest BCUT2D eigenvalue weighted by Crippen LogP contribution is 2.67. The van der Waals surface area contributed by atoms with Gasteiger partial charge >= 0.3 is 0 Å². The van der Waals surface area contributed by atoms with Gasteiger partial charge in [0.1, 0.15) is 0 Å². The molecular formula is C30H51NO2. The van der Waals surface area contributed by atoms with Crippen molar-refractivity contribution >= 4 is 0 Å². The number of hydrogen-bond donors (Lipinski definition) is 2. The van der Waals surface area contributed by atoms with Gasteiger partial charge in [-0.05, 0) is 131 Å². The zero-order chi connectivity index (χ0) is 23.6. The lowest BCUT2D eigenvalue weighted by Gasteiger charge is -2.59. The van der Waals surface area contributed by atoms with Crippen molar-refractivity contribution < 1.29 is 10.2 Å². The summed E-state index contributed by atoms with van der Waals surface area (Å²) in [5.41, 5.74) is 1.48. The molecule has 5 rings (SSSR count). The first-order valence-corrected chi connectivity index (χ1v) is 14.3. The molecular weight excluding hydrogens is 406 g/mol. The van der Waals surface area contributed by atoms with E-state index < -0.39 is 11.2 Å². The first-order valence-electron chi connectivity index (χ1n) is 14.3. The Morgan fingerprint density at radius 1 is 0.970 bits per heavy atom. The summed E-state index contributed by atoms with van der Waals surface area (Å²) in [6, 6.07) is 0. The molecule has 0 aromatic carbocycles. The molecule has 188 valence electrons. The van der Waals surface area contributed by atoms with Gasteiger partial charge in [0.05, 0.1) is 11.2 Å². The molecule has 0 aromatic rings. The van der Waals surface area contributed by atoms with Crippen LogP contribution in [0.15, 0.2) is 11.6 Å². The first-order chi connectivity index (χ1) is 15.5. The maximum atomic E-state index is 11.2. The lowest BCUT2D eigenvalue weighted by Crippen LogP contribution is -2.52. The van der Waals surface area contributed by atoms with Crippen LogP contribution in [0.25, 0.3) is 0 Å². The Labute approximate surface area is 203 Å². The van der Waals surface area contributed by atoms with E-state index in [0.717, 1.165) is 74.8 Å². The Bertz CT molecular complexity index is 765. The van der Waals surface area contributed by atoms with Crippen LogP contribution in [0.5, 0.6) is 0 Å². The Balaban J connectivity index is 1.27. The highest BCUT2D eigenvalue weighted by atomic mass is 16.3. The number of piperidine rings is 1. The number of aliphatic hydroxyl groups is 2. The maximum absolute atomic E-state index is 11.2. The Morgan fingerprint density at radius 3 is 2.42 bits per heavy atom. The molecule has 3 heteroatoms. The summed E-state index contributed by atoms with van der Waals surface area (Å²) in [4.78, 5) is 2.36. The van der Waals surface area contributed by atoms with Crippen molar-refractivity contribution in [2.75, 3.05) is 20.1 Å². The Morgan fingerprint density at radius 2 is 1.70 bits per heavy atom. The highest BCUT2D eigenvalue weighted by Gasteiger charge is 2.59. The van der Waals surface area contributed by atoms with Crippen LogP contribution in [0.4, 0.5) is 0 Å². The third-order valence-corrected chi connectivity index (χ3v) is 12.1. The van der Waals surface area contributed by atoms with Crippen LogP contribution >= 0.6 is 0 Å². The van der Waals surface area contributed by atoms with Gasteiger partial charge in [-0.25, -0.2) is 0 Å². The monoisotopic (exact) mass is 457 g/mol. The molecule has 1 heterocycles. The Hall–Kier alpha value is -0.380. The zero-order valence-electron chi connectivity index (χ0n) is 22.2. The largest absolute Gasteiger partial charge is 0.390 e. The topological polar surface area (TPSA) is 43.7 Å². The average Bonchev–Trinajstić information content (AvgIpc) is 3.12. The van der Waals surface area contributed by atoms with Crippen molar-refractivity contribution in [3.8, 4) is 0 Å². The van der Waals surface area contributed by atoms with E-state index in [1.54, 1.807) is 5.57 Å². The van der Waals surface area contributed by atoms with Crippen molar-refractivity contribution in [1.29, 1.82) is 0 Å². The van der Waals surface area contributed by atoms with Crippen LogP contribution < -0.4 is 0 Å². The summed E-state index contributed by atoms with van der Waals surface area (Å²) in [6.45, 7) is 11.8. The van der Waals surface area contributed by atoms with Gasteiger partial charge in [0.2, 0.25) is 0 Å². The minimum atomic E-state index is -0.493. The normalized spacial score (nSPS) is 48.4. The van der Waals surface area contributed by atoms with Crippen molar-refractivity contribution in [2.45, 2.75) is 116 Å². The third kappa shape index (κ3) is 4.16. The summed E-state index contributed by atoms with van der Waals surface area (Å²) in [7, 11) is 2.18. The molecule has 33 heavy (non-hydrogen) atoms. The number of rotatable bonds is 4. The van der Waals surface area contributed by atoms with E-state index >= 15 is 0 Å². The van der Waals surface area contributed by atoms with Crippen LogP contribution in [-0.2, 0) is 0 Å². The molecule has 1 saturated heterocycles. The number of fused-ring (bicyclic) bond motifs is 5. The van der Waals surface area contributed by atoms with E-state index in [4.69, 9.17) is 0 Å². The van der Waals surface area contributed by atoms with E-state index in [1.165, 1.54) is 44.9 Å². The number of hydrogen-bond acceptors (Lipinski definition) is 3. The molecule has 1 aliphatic heterocycles. The molecule has 0 radical (unpaired) electrons. The maximum Gasteiger partial charge on any atom is 0.0672 e. The van der Waals surface area contributed by atoms with Crippen LogP contribution in [-0.4, -0.2) is 46.5 Å². The van der Waals surface area contributed by atoms with E-state index in [1.807, 2.05) is 6.92 Å². The van der Waals surface area contributed by atoms with Crippen LogP contribution in [0.2, 0.25) is 0 Å². The SMILES string of the molecule is C[C@H](CCC1(O)CCN(C)CC1)[C@H]1CC[C@H]2[C@@H]3CC=C4C[C@@](C)(O)CC[C@]4(C)[C@H]3CC[C@]12C. The summed E-state index contributed by atoms with van der Waals surface area (Å²) in [5.74, 6) is 4.07. The molecule has 0 bridgehead atoms. The van der Waals surface area contributed by atoms with Gasteiger partial charge in [0, 0.05) is 13.1 Å². The Kier molecular flexibility index (Phi) is 6.15. The fourth-order valence-corrected chi connectivity index (χ4v) is 9.76. The second-order valence-corrected chi connectivity index (χ2v) is 14.2. The van der Waals surface area contributed by atoms with E-state index in [2.05, 4.69) is 38.8 Å². The molecule has 4 aliphatic carbocycles. The number of allylic oxidation sites excluding steroid dienone is 1. The standard InChI is InChI=1S/C30H51NO2/c1-21(10-13-30(33)16-18-31(5)19-17-30)24-8-9-25-23-7-6-22-20-27(2,32)14-15-28(22,3)26(23)11-12-29(24,25)4/h6,21,23-26,32-33H,7-20H2,1-5H3/t21-,23+,24-,25+,26+,27+,28+,29-/m1/s1. The van der Waals surface area contributed by atoms with Crippen LogP contribution in [0, 0.1) is 40.4 Å². The van der Waals surface area contributed by atoms with Gasteiger partial charge < -0.3 is 15.1 Å². The molecule has 0 aromatic heterocycles. The van der Waals surface area contributed by atoms with Gasteiger partial charge in [-0.15, -0.1) is 0 Å². The lowest BCUT2D eigenvalue weighted by atomic mass is 9.46. The van der Waals surface area contributed by atoms with Crippen LogP contribution in [0.1, 0.15) is 105 Å². The van der Waals surface area contributed by atoms with Crippen molar-refractivity contribution in [2.24, 2.45) is 40.4 Å². The van der Waals surface area contributed by atoms with Crippen LogP contribution in [0.3, 0.4) is 0 Å². The molecule has 0 spiro atoms. The first kappa shape index (κ1) is 24.3. The van der Waals surface area contributed by atoms with Gasteiger partial charge in [-0.3, -0.25) is 0 Å². The summed E-state index contributed by atoms with van der Waals surface area (Å²) in [6.07, 6.45) is 16.5. The summed E-state index contributed by atoms with van der Waals surface area (Å²) < 4.78 is 0. The van der Waals surface area contributed by atoms with Gasteiger partial charge in [0.15, 0.2) is 0 Å². The van der Waals surface area contributed by atoms with E-state index in [-0.39, 0.29) is 0 Å². The zero-order valence-corrected chi connectivity index (χ0v) is 22.2. The molecule has 0 unspecified atom stereocenters. The molecule has 2 N–H and O–H groups in total. The molecule has 3 nitrogen and oxygen atoms in total. The van der Waals surface area contributed by atoms with E-state index in [0.29, 0.717) is 10.8 Å². The fourth-order valence-electron chi connectivity index (χ4n) is 9.76. The van der Waals surface area contributed by atoms with Gasteiger partial charge in [-0.1, -0.05) is 32.4 Å². The fraction of sp³-hybridized carbons (Fsp3) is 0.933. The minimum absolute atomic E-state index is 0.327. The lowest BCUT2D eigenvalue weighted by molar-refractivity contribution is -0.0728. The molecule has 8 atom stereocenters. The molecule has 4 fully saturated rings. The van der Waals surface area contributed by atoms with E-state index in [9.17, 15) is 10.2 Å². The molecule has 5 aliphatic rings. The predicted molar refractivity (Wildman–Crippen MR) is 136 cm³/mol. The highest BCUT2D eigenvalue weighted by molar-refractivity contribution is 5.26. The number of likely N-dealkylation sites (tertiary alicyclic amines) is 1. The second kappa shape index (κ2) is 8.34. The predicted octanol–water partition coefficient (Wildman–Crippen LogP) is 6.19. The molecule has 3 saturated carbocycles. The summed E-state index contributed by atoms with van der Waals surface area (Å²) in [5, 5.41) is 21.9.